The van der Waals surface area contributed by atoms with Gasteiger partial charge in [0.1, 0.15) is 11.5 Å². The van der Waals surface area contributed by atoms with Gasteiger partial charge in [0.05, 0.1) is 32.0 Å². The molecule has 0 atom stereocenters. The van der Waals surface area contributed by atoms with Gasteiger partial charge < -0.3 is 24.4 Å². The molecule has 0 saturated heterocycles. The summed E-state index contributed by atoms with van der Waals surface area (Å²) in [4.78, 5) is 22.0. The molecule has 0 spiro atoms. The van der Waals surface area contributed by atoms with Crippen LogP contribution < -0.4 is 9.47 Å². The molecule has 0 heterocycles. The third-order valence-electron chi connectivity index (χ3n) is 3.59. The lowest BCUT2D eigenvalue weighted by atomic mass is 10.1. The second-order valence-corrected chi connectivity index (χ2v) is 8.41. The molecule has 0 fully saturated rings. The zero-order valence-electron chi connectivity index (χ0n) is 19.4. The molecule has 33 heavy (non-hydrogen) atoms. The van der Waals surface area contributed by atoms with Gasteiger partial charge in [0.2, 0.25) is 9.23 Å². The molecule has 0 bridgehead atoms. The number of ether oxygens (including phenoxy) is 3. The number of benzene rings is 2. The van der Waals surface area contributed by atoms with Gasteiger partial charge in [-0.15, -0.1) is 0 Å². The molecule has 0 radical (unpaired) electrons. The van der Waals surface area contributed by atoms with E-state index in [1.54, 1.807) is 59.3 Å². The largest absolute Gasteiger partial charge is 0.497 e. The van der Waals surface area contributed by atoms with E-state index in [4.69, 9.17) is 28.6 Å². The van der Waals surface area contributed by atoms with Crippen molar-refractivity contribution in [1.29, 1.82) is 0 Å². The van der Waals surface area contributed by atoms with Crippen LogP contribution in [0.3, 0.4) is 0 Å². The first-order chi connectivity index (χ1) is 15.5. The van der Waals surface area contributed by atoms with Gasteiger partial charge in [-0.2, -0.15) is 0 Å². The standard InChI is InChI=1S/C11H14O3.C9H10O3.C2H6O.Cl2OS/c1-4-14-11(12)10-6-5-9(13-3)7-8(10)2;1-6-5-7(12-2)3-4-8(6)9(10)11;1-2-3;1-4(2)3/h5-7H,4H2,1-3H3;3-5H,1-2H3,(H,10,11);3H,2H2,1H3;. The van der Waals surface area contributed by atoms with Crippen LogP contribution in [0, 0.1) is 13.8 Å². The summed E-state index contributed by atoms with van der Waals surface area (Å²) in [7, 11) is 10.5. The minimum atomic E-state index is -1.67. The second-order valence-electron chi connectivity index (χ2n) is 5.89. The molecule has 2 aromatic carbocycles. The van der Waals surface area contributed by atoms with Crippen LogP contribution in [0.4, 0.5) is 0 Å². The van der Waals surface area contributed by atoms with Gasteiger partial charge in [-0.1, -0.05) is 0 Å². The molecule has 0 aliphatic rings. The highest BCUT2D eigenvalue weighted by molar-refractivity contribution is 8.26. The van der Waals surface area contributed by atoms with Gasteiger partial charge in [0.15, 0.2) is 0 Å². The number of rotatable bonds is 5. The summed E-state index contributed by atoms with van der Waals surface area (Å²) in [6.07, 6.45) is 0. The summed E-state index contributed by atoms with van der Waals surface area (Å²) in [6, 6.07) is 10.1. The molecule has 8 nitrogen and oxygen atoms in total. The van der Waals surface area contributed by atoms with Crippen molar-refractivity contribution in [1.82, 2.24) is 0 Å². The normalized spacial score (nSPS) is 9.15. The summed E-state index contributed by atoms with van der Waals surface area (Å²) in [5.41, 5.74) is 2.48. The first kappa shape index (κ1) is 32.8. The molecule has 11 heteroatoms. The molecule has 2 rings (SSSR count). The SMILES string of the molecule is CCO.CCOC(=O)c1ccc(OC)cc1C.COc1ccc(C(=O)O)c(C)c1.O=S(Cl)Cl. The number of carboxylic acid groups (broad SMARTS) is 1. The van der Waals surface area contributed by atoms with Crippen LogP contribution in [0.2, 0.25) is 0 Å². The molecule has 186 valence electrons. The zero-order chi connectivity index (χ0) is 26.0. The second kappa shape index (κ2) is 19.2. The average Bonchev–Trinajstić information content (AvgIpc) is 2.74. The Balaban J connectivity index is 0. The van der Waals surface area contributed by atoms with Gasteiger partial charge in [0.25, 0.3) is 0 Å². The highest BCUT2D eigenvalue weighted by atomic mass is 36.0. The van der Waals surface area contributed by atoms with E-state index in [0.717, 1.165) is 11.3 Å². The van der Waals surface area contributed by atoms with Crippen molar-refractivity contribution in [3.05, 3.63) is 58.7 Å². The summed E-state index contributed by atoms with van der Waals surface area (Å²) in [6.45, 7) is 7.71. The summed E-state index contributed by atoms with van der Waals surface area (Å²) in [5.74, 6) is 0.232. The fourth-order valence-corrected chi connectivity index (χ4v) is 2.20. The summed E-state index contributed by atoms with van der Waals surface area (Å²) < 4.78 is 24.0. The van der Waals surface area contributed by atoms with Crippen LogP contribution in [0.25, 0.3) is 0 Å². The van der Waals surface area contributed by atoms with E-state index in [1.165, 1.54) is 6.07 Å². The molecular formula is C22H30Cl2O8S. The maximum Gasteiger partial charge on any atom is 0.338 e. The Hall–Kier alpha value is -2.33. The lowest BCUT2D eigenvalue weighted by molar-refractivity contribution is 0.0525. The first-order valence-electron chi connectivity index (χ1n) is 9.53. The maximum atomic E-state index is 11.4. The van der Waals surface area contributed by atoms with Gasteiger partial charge in [-0.05, 0) is 75.2 Å². The molecule has 0 aliphatic heterocycles. The summed E-state index contributed by atoms with van der Waals surface area (Å²) >= 11 is 0. The van der Waals surface area contributed by atoms with E-state index in [2.05, 4.69) is 21.4 Å². The van der Waals surface area contributed by atoms with Crippen molar-refractivity contribution >= 4 is 42.5 Å². The van der Waals surface area contributed by atoms with Gasteiger partial charge in [0, 0.05) is 28.0 Å². The fourth-order valence-electron chi connectivity index (χ4n) is 2.20. The number of aromatic carboxylic acids is 1. The van der Waals surface area contributed by atoms with Crippen molar-refractivity contribution in [2.24, 2.45) is 0 Å². The third-order valence-corrected chi connectivity index (χ3v) is 3.59. The van der Waals surface area contributed by atoms with E-state index in [-0.39, 0.29) is 12.6 Å². The number of carbonyl (C=O) groups is 2. The predicted octanol–water partition coefficient (Wildman–Crippen LogP) is 4.92. The quantitative estimate of drug-likeness (QED) is 0.417. The van der Waals surface area contributed by atoms with E-state index >= 15 is 0 Å². The summed E-state index contributed by atoms with van der Waals surface area (Å²) in [5, 5.41) is 16.3. The molecule has 0 amide bonds. The Kier molecular flexibility index (Phi) is 19.1. The minimum Gasteiger partial charge on any atom is -0.497 e. The Morgan fingerprint density at radius 2 is 1.27 bits per heavy atom. The molecule has 0 aliphatic carbocycles. The molecule has 2 aromatic rings. The van der Waals surface area contributed by atoms with Crippen molar-refractivity contribution in [2.75, 3.05) is 27.4 Å². The molecular weight excluding hydrogens is 495 g/mol. The first-order valence-corrected chi connectivity index (χ1v) is 12.3. The monoisotopic (exact) mass is 524 g/mol. The van der Waals surface area contributed by atoms with Gasteiger partial charge >= 0.3 is 11.9 Å². The van der Waals surface area contributed by atoms with E-state index < -0.39 is 15.2 Å². The lowest BCUT2D eigenvalue weighted by Crippen LogP contribution is -2.06. The Labute approximate surface area is 205 Å². The number of carboxylic acids is 1. The van der Waals surface area contributed by atoms with Crippen LogP contribution in [0.1, 0.15) is 45.7 Å². The van der Waals surface area contributed by atoms with Crippen LogP contribution >= 0.6 is 21.4 Å². The zero-order valence-corrected chi connectivity index (χ0v) is 21.7. The number of methoxy groups -OCH3 is 2. The van der Waals surface area contributed by atoms with Crippen LogP contribution in [0.5, 0.6) is 11.5 Å². The Bertz CT molecular complexity index is 887. The van der Waals surface area contributed by atoms with Crippen LogP contribution in [-0.4, -0.2) is 53.8 Å². The topological polar surface area (TPSA) is 119 Å². The number of hydrogen-bond donors (Lipinski definition) is 2. The number of halogens is 2. The van der Waals surface area contributed by atoms with E-state index in [9.17, 15) is 9.59 Å². The fraction of sp³-hybridized carbons (Fsp3) is 0.364. The van der Waals surface area contributed by atoms with Crippen LogP contribution in [-0.2, 0) is 14.0 Å². The Morgan fingerprint density at radius 1 is 0.909 bits per heavy atom. The van der Waals surface area contributed by atoms with Crippen molar-refractivity contribution < 1.29 is 38.2 Å². The lowest BCUT2D eigenvalue weighted by Gasteiger charge is -2.06. The van der Waals surface area contributed by atoms with Crippen molar-refractivity contribution in [2.45, 2.75) is 27.7 Å². The van der Waals surface area contributed by atoms with Crippen LogP contribution in [0.15, 0.2) is 36.4 Å². The predicted molar refractivity (Wildman–Crippen MR) is 131 cm³/mol. The molecule has 0 saturated carbocycles. The molecule has 0 unspecified atom stereocenters. The number of esters is 1. The highest BCUT2D eigenvalue weighted by Crippen LogP contribution is 2.18. The number of aryl methyl sites for hydroxylation is 2. The smallest absolute Gasteiger partial charge is 0.338 e. The highest BCUT2D eigenvalue weighted by Gasteiger charge is 2.10. The maximum absolute atomic E-state index is 11.4. The molecule has 0 aromatic heterocycles. The minimum absolute atomic E-state index is 0.250. The third kappa shape index (κ3) is 15.2. The van der Waals surface area contributed by atoms with Crippen molar-refractivity contribution in [3.63, 3.8) is 0 Å². The number of carbonyl (C=O) groups excluding carboxylic acids is 1. The Morgan fingerprint density at radius 3 is 1.55 bits per heavy atom. The average molecular weight is 525 g/mol. The number of aliphatic hydroxyl groups excluding tert-OH is 1. The number of hydrogen-bond acceptors (Lipinski definition) is 7. The van der Waals surface area contributed by atoms with E-state index in [0.29, 0.717) is 29.0 Å². The van der Waals surface area contributed by atoms with Crippen molar-refractivity contribution in [3.8, 4) is 11.5 Å². The van der Waals surface area contributed by atoms with E-state index in [1.807, 2.05) is 13.0 Å². The van der Waals surface area contributed by atoms with Gasteiger partial charge in [-0.25, -0.2) is 13.8 Å². The molecule has 2 N–H and O–H groups in total. The number of aliphatic hydroxyl groups is 1. The van der Waals surface area contributed by atoms with Gasteiger partial charge in [-0.3, -0.25) is 0 Å².